The highest BCUT2D eigenvalue weighted by atomic mass is 16.5. The molecule has 0 radical (unpaired) electrons. The van der Waals surface area contributed by atoms with Gasteiger partial charge >= 0.3 is 5.89 Å². The zero-order valence-corrected chi connectivity index (χ0v) is 18.4. The largest absolute Gasteiger partial charge is 0.398 e. The van der Waals surface area contributed by atoms with Crippen molar-refractivity contribution in [3.8, 4) is 0 Å². The fourth-order valence-electron chi connectivity index (χ4n) is 6.23. The molecule has 3 saturated carbocycles. The summed E-state index contributed by atoms with van der Waals surface area (Å²) in [6.07, 6.45) is 21.3. The molecule has 3 aliphatic rings. The van der Waals surface area contributed by atoms with Gasteiger partial charge in [0.05, 0.1) is 12.7 Å². The van der Waals surface area contributed by atoms with E-state index in [-0.39, 0.29) is 0 Å². The van der Waals surface area contributed by atoms with Crippen molar-refractivity contribution in [1.82, 2.24) is 0 Å². The molecule has 0 saturated heterocycles. The molecule has 3 heteroatoms. The Morgan fingerprint density at radius 1 is 0.933 bits per heavy atom. The number of allylic oxidation sites excluding steroid dienone is 1. The van der Waals surface area contributed by atoms with Crippen LogP contribution in [0.25, 0.3) is 17.2 Å². The van der Waals surface area contributed by atoms with Gasteiger partial charge in [0, 0.05) is 18.6 Å². The summed E-state index contributed by atoms with van der Waals surface area (Å²) in [6, 6.07) is 8.43. The summed E-state index contributed by atoms with van der Waals surface area (Å²) in [6.45, 7) is 1.82. The average molecular weight is 409 g/mol. The molecule has 3 aliphatic carbocycles. The Balaban J connectivity index is 1.18. The van der Waals surface area contributed by atoms with Crippen molar-refractivity contribution < 1.29 is 13.7 Å². The maximum Gasteiger partial charge on any atom is 0.373 e. The average Bonchev–Trinajstić information content (AvgIpc) is 3.43. The fourth-order valence-corrected chi connectivity index (χ4v) is 6.23. The highest BCUT2D eigenvalue weighted by Gasteiger charge is 2.32. The molecule has 0 bridgehead atoms. The molecule has 3 nitrogen and oxygen atoms in total. The third-order valence-electron chi connectivity index (χ3n) is 7.92. The smallest absolute Gasteiger partial charge is 0.373 e. The van der Waals surface area contributed by atoms with Crippen molar-refractivity contribution in [3.05, 3.63) is 36.2 Å². The number of hydrogen-bond donors (Lipinski definition) is 0. The minimum absolute atomic E-state index is 0.497. The van der Waals surface area contributed by atoms with Crippen molar-refractivity contribution >= 4 is 17.2 Å². The summed E-state index contributed by atoms with van der Waals surface area (Å²) in [5, 5.41) is 0. The lowest BCUT2D eigenvalue weighted by Crippen LogP contribution is -2.36. The monoisotopic (exact) mass is 408 g/mol. The van der Waals surface area contributed by atoms with Crippen LogP contribution < -0.4 is 4.57 Å². The third-order valence-corrected chi connectivity index (χ3v) is 7.92. The highest BCUT2D eigenvalue weighted by molar-refractivity contribution is 5.69. The number of ether oxygens (including phenoxy) is 1. The van der Waals surface area contributed by atoms with E-state index < -0.39 is 0 Å². The first-order valence-corrected chi connectivity index (χ1v) is 12.6. The van der Waals surface area contributed by atoms with Crippen LogP contribution in [0.5, 0.6) is 0 Å². The summed E-state index contributed by atoms with van der Waals surface area (Å²) < 4.78 is 14.9. The molecule has 30 heavy (non-hydrogen) atoms. The lowest BCUT2D eigenvalue weighted by Gasteiger charge is -2.39. The van der Waals surface area contributed by atoms with Gasteiger partial charge in [-0.1, -0.05) is 56.7 Å². The number of para-hydroxylation sites is 2. The number of nitrogens with zero attached hydrogens (tertiary/aromatic N) is 1. The molecule has 0 aliphatic heterocycles. The van der Waals surface area contributed by atoms with Crippen LogP contribution in [0.2, 0.25) is 0 Å². The van der Waals surface area contributed by atoms with Gasteiger partial charge in [0.15, 0.2) is 6.54 Å². The Morgan fingerprint density at radius 3 is 2.63 bits per heavy atom. The van der Waals surface area contributed by atoms with E-state index >= 15 is 0 Å². The molecule has 162 valence electrons. The van der Waals surface area contributed by atoms with Gasteiger partial charge in [-0.15, -0.1) is 0 Å². The zero-order chi connectivity index (χ0) is 20.2. The molecule has 0 spiro atoms. The lowest BCUT2D eigenvalue weighted by atomic mass is 9.70. The van der Waals surface area contributed by atoms with Crippen molar-refractivity contribution in [2.24, 2.45) is 17.8 Å². The second-order valence-electron chi connectivity index (χ2n) is 9.93. The van der Waals surface area contributed by atoms with Crippen LogP contribution >= 0.6 is 0 Å². The van der Waals surface area contributed by atoms with Gasteiger partial charge in [0.2, 0.25) is 5.58 Å². The number of oxazole rings is 1. The quantitative estimate of drug-likeness (QED) is 0.377. The third kappa shape index (κ3) is 4.66. The minimum atomic E-state index is 0.497. The van der Waals surface area contributed by atoms with E-state index in [0.29, 0.717) is 6.10 Å². The molecule has 3 atom stereocenters. The Labute approximate surface area is 181 Å². The maximum absolute atomic E-state index is 6.36. The van der Waals surface area contributed by atoms with Crippen LogP contribution in [0, 0.1) is 17.8 Å². The van der Waals surface area contributed by atoms with Crippen LogP contribution in [-0.4, -0.2) is 12.7 Å². The summed E-state index contributed by atoms with van der Waals surface area (Å²) in [4.78, 5) is 0. The highest BCUT2D eigenvalue weighted by Crippen LogP contribution is 2.41. The van der Waals surface area contributed by atoms with E-state index in [1.54, 1.807) is 0 Å². The van der Waals surface area contributed by atoms with Crippen molar-refractivity contribution in [1.29, 1.82) is 0 Å². The van der Waals surface area contributed by atoms with Crippen molar-refractivity contribution in [2.75, 3.05) is 6.61 Å². The van der Waals surface area contributed by atoms with Gasteiger partial charge in [-0.25, -0.2) is 0 Å². The number of aromatic nitrogens is 1. The topological polar surface area (TPSA) is 26.2 Å². The van der Waals surface area contributed by atoms with Gasteiger partial charge in [-0.05, 0) is 55.9 Å². The van der Waals surface area contributed by atoms with Crippen LogP contribution in [0.1, 0.15) is 82.9 Å². The summed E-state index contributed by atoms with van der Waals surface area (Å²) in [5.74, 6) is 3.66. The van der Waals surface area contributed by atoms with E-state index in [0.717, 1.165) is 48.8 Å². The molecule has 5 rings (SSSR count). The number of rotatable bonds is 7. The summed E-state index contributed by atoms with van der Waals surface area (Å²) >= 11 is 0. The molecule has 3 fully saturated rings. The standard InChI is InChI=1S/C27H38NO2/c1-2-9-21(8-1)14-17-27-28(25-12-5-6-13-26(25)30-27)18-7-19-29-24-16-15-22-10-3-4-11-23(22)20-24/h5-6,12-14,17,21-24H,1-4,7-11,15-16,18-20H2/q+1/b17-14+. The predicted molar refractivity (Wildman–Crippen MR) is 121 cm³/mol. The van der Waals surface area contributed by atoms with E-state index in [1.807, 2.05) is 0 Å². The minimum Gasteiger partial charge on any atom is -0.398 e. The van der Waals surface area contributed by atoms with E-state index in [9.17, 15) is 0 Å². The van der Waals surface area contributed by atoms with Crippen molar-refractivity contribution in [2.45, 2.75) is 89.7 Å². The molecule has 0 N–H and O–H groups in total. The van der Waals surface area contributed by atoms with Gasteiger partial charge < -0.3 is 9.15 Å². The second kappa shape index (κ2) is 9.68. The lowest BCUT2D eigenvalue weighted by molar-refractivity contribution is -0.678. The molecule has 2 aromatic rings. The summed E-state index contributed by atoms with van der Waals surface area (Å²) in [5.41, 5.74) is 2.19. The zero-order valence-electron chi connectivity index (χ0n) is 18.4. The molecule has 1 aromatic carbocycles. The normalized spacial score (nSPS) is 27.8. The molecule has 1 aromatic heterocycles. The predicted octanol–water partition coefficient (Wildman–Crippen LogP) is 6.69. The van der Waals surface area contributed by atoms with Gasteiger partial charge in [0.1, 0.15) is 0 Å². The Morgan fingerprint density at radius 2 is 1.73 bits per heavy atom. The van der Waals surface area contributed by atoms with E-state index in [4.69, 9.17) is 9.15 Å². The maximum atomic E-state index is 6.36. The SMILES string of the molecule is C(=C\C1CCCC1)/c1oc2ccccc2[n+]1CCCOC1CCC2CCCCC2C1. The van der Waals surface area contributed by atoms with Crippen LogP contribution in [0.4, 0.5) is 0 Å². The Bertz CT molecular complexity index is 848. The first-order valence-electron chi connectivity index (χ1n) is 12.6. The van der Waals surface area contributed by atoms with Crippen LogP contribution in [0.3, 0.4) is 0 Å². The molecular formula is C27H38NO2+. The first kappa shape index (κ1) is 20.3. The second-order valence-corrected chi connectivity index (χ2v) is 9.93. The van der Waals surface area contributed by atoms with Gasteiger partial charge in [0.25, 0.3) is 5.52 Å². The van der Waals surface area contributed by atoms with E-state index in [2.05, 4.69) is 41.0 Å². The molecule has 1 heterocycles. The molecule has 3 unspecified atom stereocenters. The van der Waals surface area contributed by atoms with Crippen LogP contribution in [0.15, 0.2) is 34.8 Å². The van der Waals surface area contributed by atoms with E-state index in [1.165, 1.54) is 76.1 Å². The number of hydrogen-bond acceptors (Lipinski definition) is 2. The Hall–Kier alpha value is -1.61. The summed E-state index contributed by atoms with van der Waals surface area (Å²) in [7, 11) is 0. The molecule has 0 amide bonds. The van der Waals surface area contributed by atoms with Gasteiger partial charge in [-0.2, -0.15) is 4.57 Å². The Kier molecular flexibility index (Phi) is 6.55. The first-order chi connectivity index (χ1) is 14.9. The van der Waals surface area contributed by atoms with Gasteiger partial charge in [-0.3, -0.25) is 0 Å². The fraction of sp³-hybridized carbons (Fsp3) is 0.667. The molecular weight excluding hydrogens is 370 g/mol. The van der Waals surface area contributed by atoms with Crippen molar-refractivity contribution in [3.63, 3.8) is 0 Å². The number of fused-ring (bicyclic) bond motifs is 2. The number of benzene rings is 1. The van der Waals surface area contributed by atoms with Crippen LogP contribution in [-0.2, 0) is 11.3 Å². The number of aryl methyl sites for hydroxylation is 1.